The largest absolute Gasteiger partial charge is 0.481 e. The van der Waals surface area contributed by atoms with E-state index in [0.29, 0.717) is 0 Å². The first kappa shape index (κ1) is 16.5. The van der Waals surface area contributed by atoms with Crippen molar-refractivity contribution < 1.29 is 23.5 Å². The molecule has 0 aromatic heterocycles. The number of amides is 2. The van der Waals surface area contributed by atoms with Gasteiger partial charge in [0, 0.05) is 23.7 Å². The van der Waals surface area contributed by atoms with Crippen LogP contribution in [-0.2, 0) is 4.79 Å². The van der Waals surface area contributed by atoms with Crippen molar-refractivity contribution in [1.82, 2.24) is 4.90 Å². The van der Waals surface area contributed by atoms with E-state index in [1.165, 1.54) is 18.7 Å². The number of nitrogens with zero attached hydrogens (tertiary/aromatic N) is 1. The van der Waals surface area contributed by atoms with Crippen LogP contribution in [0.4, 0.5) is 19.3 Å². The summed E-state index contributed by atoms with van der Waals surface area (Å²) in [5.74, 6) is -2.94. The molecule has 2 N–H and O–H groups in total. The zero-order valence-corrected chi connectivity index (χ0v) is 12.8. The number of likely N-dealkylation sites (tertiary alicyclic amines) is 1. The molecule has 0 radical (unpaired) electrons. The number of benzene rings is 1. The molecule has 1 aromatic carbocycles. The van der Waals surface area contributed by atoms with Gasteiger partial charge in [0.05, 0.1) is 5.41 Å². The molecule has 2 amide bonds. The number of urea groups is 1. The summed E-state index contributed by atoms with van der Waals surface area (Å²) in [6.45, 7) is 3.06. The molecule has 22 heavy (non-hydrogen) atoms. The van der Waals surface area contributed by atoms with Crippen molar-refractivity contribution in [3.05, 3.63) is 28.3 Å². The lowest BCUT2D eigenvalue weighted by atomic mass is 9.90. The second-order valence-electron chi connectivity index (χ2n) is 5.62. The zero-order valence-electron chi connectivity index (χ0n) is 12.0. The molecule has 1 aromatic rings. The lowest BCUT2D eigenvalue weighted by molar-refractivity contribution is -0.146. The number of halogens is 3. The Morgan fingerprint density at radius 1 is 1.45 bits per heavy atom. The highest BCUT2D eigenvalue weighted by molar-refractivity contribution is 6.31. The minimum Gasteiger partial charge on any atom is -0.481 e. The predicted octanol–water partition coefficient (Wildman–Crippen LogP) is 3.26. The molecular weight excluding hydrogens is 318 g/mol. The van der Waals surface area contributed by atoms with Crippen LogP contribution in [-0.4, -0.2) is 35.1 Å². The van der Waals surface area contributed by atoms with Gasteiger partial charge in [0.2, 0.25) is 0 Å². The highest BCUT2D eigenvalue weighted by Crippen LogP contribution is 2.32. The van der Waals surface area contributed by atoms with Crippen molar-refractivity contribution in [2.75, 3.05) is 18.4 Å². The first-order valence-electron chi connectivity index (χ1n) is 6.59. The van der Waals surface area contributed by atoms with E-state index in [-0.39, 0.29) is 30.1 Å². The van der Waals surface area contributed by atoms with Gasteiger partial charge in [-0.1, -0.05) is 11.6 Å². The molecule has 0 bridgehead atoms. The fourth-order valence-corrected chi connectivity index (χ4v) is 2.48. The highest BCUT2D eigenvalue weighted by atomic mass is 35.5. The Balaban J connectivity index is 2.18. The Bertz CT molecular complexity index is 653. The number of aliphatic carboxylic acids is 1. The molecule has 0 spiro atoms. The molecular formula is C14H15ClF2N2O3. The van der Waals surface area contributed by atoms with E-state index in [0.717, 1.165) is 6.07 Å². The molecule has 1 saturated heterocycles. The lowest BCUT2D eigenvalue weighted by Crippen LogP contribution is -2.37. The lowest BCUT2D eigenvalue weighted by Gasteiger charge is -2.21. The summed E-state index contributed by atoms with van der Waals surface area (Å²) in [5.41, 5.74) is -1.62. The van der Waals surface area contributed by atoms with Crippen LogP contribution in [0.25, 0.3) is 0 Å². The molecule has 0 aliphatic carbocycles. The highest BCUT2D eigenvalue weighted by Gasteiger charge is 2.42. The first-order chi connectivity index (χ1) is 10.2. The topological polar surface area (TPSA) is 69.6 Å². The predicted molar refractivity (Wildman–Crippen MR) is 77.1 cm³/mol. The number of hydrogen-bond donors (Lipinski definition) is 2. The van der Waals surface area contributed by atoms with Gasteiger partial charge in [-0.25, -0.2) is 13.6 Å². The summed E-state index contributed by atoms with van der Waals surface area (Å²) >= 11 is 5.66. The maximum absolute atomic E-state index is 14.0. The van der Waals surface area contributed by atoms with Crippen molar-refractivity contribution in [3.63, 3.8) is 0 Å². The molecule has 1 aliphatic heterocycles. The molecule has 8 heteroatoms. The van der Waals surface area contributed by atoms with Gasteiger partial charge in [0.1, 0.15) is 5.69 Å². The average molecular weight is 333 g/mol. The molecule has 1 heterocycles. The maximum atomic E-state index is 14.0. The number of nitrogens with one attached hydrogen (secondary N) is 1. The van der Waals surface area contributed by atoms with Gasteiger partial charge < -0.3 is 15.3 Å². The Morgan fingerprint density at radius 2 is 2.09 bits per heavy atom. The van der Waals surface area contributed by atoms with Crippen LogP contribution >= 0.6 is 11.6 Å². The van der Waals surface area contributed by atoms with Gasteiger partial charge in [0.25, 0.3) is 0 Å². The van der Waals surface area contributed by atoms with Crippen LogP contribution in [0, 0.1) is 24.0 Å². The Labute approximate surface area is 130 Å². The van der Waals surface area contributed by atoms with Crippen LogP contribution in [0.3, 0.4) is 0 Å². The Hall–Kier alpha value is -1.89. The van der Waals surface area contributed by atoms with Crippen LogP contribution in [0.15, 0.2) is 6.07 Å². The van der Waals surface area contributed by atoms with E-state index >= 15 is 0 Å². The summed E-state index contributed by atoms with van der Waals surface area (Å²) in [6.07, 6.45) is 0.278. The first-order valence-corrected chi connectivity index (χ1v) is 6.97. The normalized spacial score (nSPS) is 21.0. The van der Waals surface area contributed by atoms with E-state index in [4.69, 9.17) is 16.7 Å². The standard InChI is InChI=1S/C14H15ClF2N2O3/c1-7-8(15)5-9(16)11(10(7)17)18-13(22)19-4-3-14(2,6-19)12(20)21/h5H,3-4,6H2,1-2H3,(H,18,22)(H,20,21). The van der Waals surface area contributed by atoms with E-state index in [2.05, 4.69) is 5.32 Å². The maximum Gasteiger partial charge on any atom is 0.322 e. The monoisotopic (exact) mass is 332 g/mol. The number of anilines is 1. The second kappa shape index (κ2) is 5.72. The number of carbonyl (C=O) groups excluding carboxylic acids is 1. The SMILES string of the molecule is Cc1c(Cl)cc(F)c(NC(=O)N2CCC(C)(C(=O)O)C2)c1F. The smallest absolute Gasteiger partial charge is 0.322 e. The number of hydrogen-bond acceptors (Lipinski definition) is 2. The Morgan fingerprint density at radius 3 is 2.64 bits per heavy atom. The van der Waals surface area contributed by atoms with Crippen molar-refractivity contribution in [2.45, 2.75) is 20.3 Å². The average Bonchev–Trinajstić information content (AvgIpc) is 2.85. The number of rotatable bonds is 2. The summed E-state index contributed by atoms with van der Waals surface area (Å²) in [7, 11) is 0. The van der Waals surface area contributed by atoms with Gasteiger partial charge in [-0.05, 0) is 26.3 Å². The number of carboxylic acids is 1. The zero-order chi connectivity index (χ0) is 16.7. The summed E-state index contributed by atoms with van der Waals surface area (Å²) in [4.78, 5) is 24.4. The fourth-order valence-electron chi connectivity index (χ4n) is 2.30. The van der Waals surface area contributed by atoms with Crippen LogP contribution in [0.5, 0.6) is 0 Å². The summed E-state index contributed by atoms with van der Waals surface area (Å²) < 4.78 is 27.8. The summed E-state index contributed by atoms with van der Waals surface area (Å²) in [6, 6.07) is 0.172. The van der Waals surface area contributed by atoms with E-state index in [1.807, 2.05) is 0 Å². The fraction of sp³-hybridized carbons (Fsp3) is 0.429. The van der Waals surface area contributed by atoms with Crippen LogP contribution in [0.2, 0.25) is 5.02 Å². The third-order valence-corrected chi connectivity index (χ3v) is 4.30. The molecule has 1 aliphatic rings. The minimum absolute atomic E-state index is 0.0233. The third kappa shape index (κ3) is 2.85. The Kier molecular flexibility index (Phi) is 4.28. The molecule has 2 rings (SSSR count). The van der Waals surface area contributed by atoms with Gasteiger partial charge in [-0.15, -0.1) is 0 Å². The second-order valence-corrected chi connectivity index (χ2v) is 6.03. The van der Waals surface area contributed by atoms with Gasteiger partial charge in [-0.3, -0.25) is 4.79 Å². The van der Waals surface area contributed by atoms with E-state index in [1.54, 1.807) is 0 Å². The molecule has 120 valence electrons. The van der Waals surface area contributed by atoms with Crippen LogP contribution in [0.1, 0.15) is 18.9 Å². The molecule has 1 fully saturated rings. The van der Waals surface area contributed by atoms with Gasteiger partial charge >= 0.3 is 12.0 Å². The van der Waals surface area contributed by atoms with E-state index in [9.17, 15) is 18.4 Å². The van der Waals surface area contributed by atoms with Crippen molar-refractivity contribution in [3.8, 4) is 0 Å². The number of carboxylic acid groups (broad SMARTS) is 1. The van der Waals surface area contributed by atoms with Crippen LogP contribution < -0.4 is 5.32 Å². The molecule has 0 saturated carbocycles. The minimum atomic E-state index is -1.05. The quantitative estimate of drug-likeness (QED) is 0.873. The molecule has 1 atom stereocenters. The van der Waals surface area contributed by atoms with Crippen molar-refractivity contribution in [2.24, 2.45) is 5.41 Å². The van der Waals surface area contributed by atoms with Gasteiger partial charge in [0.15, 0.2) is 11.6 Å². The van der Waals surface area contributed by atoms with Gasteiger partial charge in [-0.2, -0.15) is 0 Å². The van der Waals surface area contributed by atoms with E-state index < -0.39 is 34.7 Å². The molecule has 5 nitrogen and oxygen atoms in total. The third-order valence-electron chi connectivity index (χ3n) is 3.91. The number of carbonyl (C=O) groups is 2. The summed E-state index contributed by atoms with van der Waals surface area (Å²) in [5, 5.41) is 11.2. The van der Waals surface area contributed by atoms with Crippen molar-refractivity contribution in [1.29, 1.82) is 0 Å². The van der Waals surface area contributed by atoms with Crippen molar-refractivity contribution >= 4 is 29.3 Å². The molecule has 1 unspecified atom stereocenters.